The van der Waals surface area contributed by atoms with Crippen LogP contribution in [-0.4, -0.2) is 25.5 Å². The minimum Gasteiger partial charge on any atom is -0.480 e. The van der Waals surface area contributed by atoms with E-state index in [9.17, 15) is 13.2 Å². The minimum atomic E-state index is -3.69. The second-order valence-corrected chi connectivity index (χ2v) is 5.74. The number of nitrogens with one attached hydrogen (secondary N) is 1. The summed E-state index contributed by atoms with van der Waals surface area (Å²) in [5.74, 6) is -1.17. The molecule has 0 aromatic carbocycles. The first-order valence-electron chi connectivity index (χ1n) is 4.26. The van der Waals surface area contributed by atoms with Gasteiger partial charge in [-0.05, 0) is 17.9 Å². The maximum absolute atomic E-state index is 11.6. The second-order valence-electron chi connectivity index (χ2n) is 2.85. The lowest BCUT2D eigenvalue weighted by atomic mass is 10.2. The Kier molecular flexibility index (Phi) is 3.83. The van der Waals surface area contributed by atoms with E-state index >= 15 is 0 Å². The first kappa shape index (κ1) is 12.2. The number of thiophene rings is 1. The summed E-state index contributed by atoms with van der Waals surface area (Å²) in [6, 6.07) is 1.96. The lowest BCUT2D eigenvalue weighted by Gasteiger charge is -2.11. The highest BCUT2D eigenvalue weighted by Gasteiger charge is 2.24. The van der Waals surface area contributed by atoms with E-state index < -0.39 is 22.0 Å². The van der Waals surface area contributed by atoms with Gasteiger partial charge in [-0.15, -0.1) is 11.3 Å². The van der Waals surface area contributed by atoms with Crippen LogP contribution in [0.25, 0.3) is 0 Å². The van der Waals surface area contributed by atoms with Gasteiger partial charge in [-0.1, -0.05) is 13.0 Å². The molecule has 7 heteroatoms. The molecule has 0 saturated carbocycles. The van der Waals surface area contributed by atoms with E-state index in [4.69, 9.17) is 5.11 Å². The fourth-order valence-corrected chi connectivity index (χ4v) is 3.25. The SMILES string of the molecule is CCC(NS(=O)(=O)c1cccs1)C(=O)O. The van der Waals surface area contributed by atoms with Gasteiger partial charge in [-0.2, -0.15) is 4.72 Å². The molecule has 5 nitrogen and oxygen atoms in total. The van der Waals surface area contributed by atoms with Gasteiger partial charge < -0.3 is 5.11 Å². The quantitative estimate of drug-likeness (QED) is 0.811. The molecule has 0 saturated heterocycles. The van der Waals surface area contributed by atoms with E-state index in [1.807, 2.05) is 0 Å². The van der Waals surface area contributed by atoms with Crippen molar-refractivity contribution in [2.45, 2.75) is 23.6 Å². The van der Waals surface area contributed by atoms with Gasteiger partial charge in [0.05, 0.1) is 0 Å². The molecule has 1 unspecified atom stereocenters. The minimum absolute atomic E-state index is 0.127. The lowest BCUT2D eigenvalue weighted by molar-refractivity contribution is -0.139. The summed E-state index contributed by atoms with van der Waals surface area (Å²) in [5, 5.41) is 10.3. The zero-order chi connectivity index (χ0) is 11.5. The molecule has 1 aromatic rings. The van der Waals surface area contributed by atoms with Gasteiger partial charge in [0.2, 0.25) is 0 Å². The Morgan fingerprint density at radius 3 is 2.73 bits per heavy atom. The van der Waals surface area contributed by atoms with Crippen molar-refractivity contribution in [3.63, 3.8) is 0 Å². The third-order valence-electron chi connectivity index (χ3n) is 1.76. The highest BCUT2D eigenvalue weighted by Crippen LogP contribution is 2.16. The highest BCUT2D eigenvalue weighted by molar-refractivity contribution is 7.91. The van der Waals surface area contributed by atoms with Gasteiger partial charge in [0.1, 0.15) is 10.3 Å². The summed E-state index contributed by atoms with van der Waals surface area (Å²) >= 11 is 1.05. The van der Waals surface area contributed by atoms with Crippen LogP contribution in [0, 0.1) is 0 Å². The summed E-state index contributed by atoms with van der Waals surface area (Å²) in [6.07, 6.45) is 0.208. The number of carboxylic acids is 1. The molecule has 1 heterocycles. The van der Waals surface area contributed by atoms with Gasteiger partial charge in [0.25, 0.3) is 10.0 Å². The lowest BCUT2D eigenvalue weighted by Crippen LogP contribution is -2.39. The summed E-state index contributed by atoms with van der Waals surface area (Å²) < 4.78 is 25.5. The van der Waals surface area contributed by atoms with E-state index in [1.54, 1.807) is 18.4 Å². The number of aliphatic carboxylic acids is 1. The summed E-state index contributed by atoms with van der Waals surface area (Å²) in [5.41, 5.74) is 0. The molecule has 1 aromatic heterocycles. The topological polar surface area (TPSA) is 83.5 Å². The number of sulfonamides is 1. The Bertz CT molecular complexity index is 424. The summed E-state index contributed by atoms with van der Waals surface area (Å²) in [4.78, 5) is 10.7. The van der Waals surface area contributed by atoms with Gasteiger partial charge >= 0.3 is 5.97 Å². The molecule has 0 amide bonds. The fraction of sp³-hybridized carbons (Fsp3) is 0.375. The molecule has 0 aliphatic carbocycles. The number of carbonyl (C=O) groups is 1. The summed E-state index contributed by atoms with van der Waals surface area (Å²) in [6.45, 7) is 1.61. The van der Waals surface area contributed by atoms with Crippen LogP contribution in [0.15, 0.2) is 21.7 Å². The predicted octanol–water partition coefficient (Wildman–Crippen LogP) is 0.890. The average molecular weight is 249 g/mol. The van der Waals surface area contributed by atoms with Crippen LogP contribution in [0.3, 0.4) is 0 Å². The van der Waals surface area contributed by atoms with Crippen LogP contribution in [0.4, 0.5) is 0 Å². The zero-order valence-corrected chi connectivity index (χ0v) is 9.64. The first-order valence-corrected chi connectivity index (χ1v) is 6.62. The monoisotopic (exact) mass is 249 g/mol. The van der Waals surface area contributed by atoms with Crippen molar-refractivity contribution < 1.29 is 18.3 Å². The van der Waals surface area contributed by atoms with Crippen LogP contribution in [0.5, 0.6) is 0 Å². The molecule has 84 valence electrons. The number of hydrogen-bond donors (Lipinski definition) is 2. The maximum Gasteiger partial charge on any atom is 0.321 e. The van der Waals surface area contributed by atoms with Crippen molar-refractivity contribution in [2.75, 3.05) is 0 Å². The molecular formula is C8H11NO4S2. The van der Waals surface area contributed by atoms with Crippen molar-refractivity contribution in [2.24, 2.45) is 0 Å². The van der Waals surface area contributed by atoms with E-state index in [0.717, 1.165) is 11.3 Å². The number of rotatable bonds is 5. The van der Waals surface area contributed by atoms with Gasteiger partial charge in [-0.25, -0.2) is 8.42 Å². The average Bonchev–Trinajstić information content (AvgIpc) is 2.67. The standard InChI is InChI=1S/C8H11NO4S2/c1-2-6(8(10)11)9-15(12,13)7-4-3-5-14-7/h3-6,9H,2H2,1H3,(H,10,11). The van der Waals surface area contributed by atoms with Crippen LogP contribution < -0.4 is 4.72 Å². The Balaban J connectivity index is 2.86. The molecule has 0 aliphatic heterocycles. The largest absolute Gasteiger partial charge is 0.480 e. The number of hydrogen-bond acceptors (Lipinski definition) is 4. The maximum atomic E-state index is 11.6. The Labute approximate surface area is 91.8 Å². The predicted molar refractivity (Wildman–Crippen MR) is 56.4 cm³/mol. The normalized spacial score (nSPS) is 13.7. The Morgan fingerprint density at radius 1 is 1.67 bits per heavy atom. The highest BCUT2D eigenvalue weighted by atomic mass is 32.2. The molecule has 1 rings (SSSR count). The molecule has 2 N–H and O–H groups in total. The van der Waals surface area contributed by atoms with Crippen molar-refractivity contribution in [3.05, 3.63) is 17.5 Å². The van der Waals surface area contributed by atoms with E-state index in [1.165, 1.54) is 6.07 Å². The van der Waals surface area contributed by atoms with Crippen LogP contribution in [0.1, 0.15) is 13.3 Å². The first-order chi connectivity index (χ1) is 6.97. The second kappa shape index (κ2) is 4.73. The van der Waals surface area contributed by atoms with Gasteiger partial charge in [0, 0.05) is 0 Å². The molecule has 1 atom stereocenters. The Hall–Kier alpha value is -0.920. The van der Waals surface area contributed by atoms with Crippen molar-refractivity contribution in [1.82, 2.24) is 4.72 Å². The molecule has 0 spiro atoms. The van der Waals surface area contributed by atoms with Crippen LogP contribution >= 0.6 is 11.3 Å². The zero-order valence-electron chi connectivity index (χ0n) is 8.00. The molecule has 0 bridgehead atoms. The van der Waals surface area contributed by atoms with Crippen molar-refractivity contribution in [3.8, 4) is 0 Å². The fourth-order valence-electron chi connectivity index (χ4n) is 0.970. The number of carboxylic acid groups (broad SMARTS) is 1. The van der Waals surface area contributed by atoms with Crippen LogP contribution in [-0.2, 0) is 14.8 Å². The third kappa shape index (κ3) is 3.01. The van der Waals surface area contributed by atoms with Gasteiger partial charge in [0.15, 0.2) is 0 Å². The van der Waals surface area contributed by atoms with Crippen molar-refractivity contribution in [1.29, 1.82) is 0 Å². The third-order valence-corrected chi connectivity index (χ3v) is 4.63. The smallest absolute Gasteiger partial charge is 0.321 e. The van der Waals surface area contributed by atoms with Crippen molar-refractivity contribution >= 4 is 27.3 Å². The van der Waals surface area contributed by atoms with Crippen LogP contribution in [0.2, 0.25) is 0 Å². The Morgan fingerprint density at radius 2 is 2.33 bits per heavy atom. The molecular weight excluding hydrogens is 238 g/mol. The molecule has 0 radical (unpaired) electrons. The molecule has 0 aliphatic rings. The van der Waals surface area contributed by atoms with E-state index in [-0.39, 0.29) is 10.6 Å². The van der Waals surface area contributed by atoms with E-state index in [2.05, 4.69) is 4.72 Å². The molecule has 0 fully saturated rings. The van der Waals surface area contributed by atoms with Gasteiger partial charge in [-0.3, -0.25) is 4.79 Å². The molecule has 15 heavy (non-hydrogen) atoms. The van der Waals surface area contributed by atoms with E-state index in [0.29, 0.717) is 0 Å². The summed E-state index contributed by atoms with van der Waals surface area (Å²) in [7, 11) is -3.69.